The lowest BCUT2D eigenvalue weighted by atomic mass is 10.1. The molecule has 0 bridgehead atoms. The van der Waals surface area contributed by atoms with E-state index in [1.165, 1.54) is 17.0 Å². The number of ether oxygens (including phenoxy) is 1. The van der Waals surface area contributed by atoms with E-state index in [4.69, 9.17) is 0 Å². The molecule has 0 saturated carbocycles. The number of amides is 2. The molecule has 166 valence electrons. The van der Waals surface area contributed by atoms with Crippen molar-refractivity contribution < 1.29 is 36.3 Å². The van der Waals surface area contributed by atoms with Crippen LogP contribution >= 0.6 is 0 Å². The molecular weight excluding hydrogens is 425 g/mol. The van der Waals surface area contributed by atoms with Gasteiger partial charge in [-0.2, -0.15) is 0 Å². The third-order valence-corrected chi connectivity index (χ3v) is 4.51. The van der Waals surface area contributed by atoms with E-state index in [-0.39, 0.29) is 31.1 Å². The monoisotopic (exact) mass is 443 g/mol. The van der Waals surface area contributed by atoms with Crippen LogP contribution in [0.3, 0.4) is 0 Å². The predicted molar refractivity (Wildman–Crippen MR) is 100 cm³/mol. The molecule has 31 heavy (non-hydrogen) atoms. The van der Waals surface area contributed by atoms with Crippen molar-refractivity contribution in [2.75, 3.05) is 38.0 Å². The molecule has 1 saturated heterocycles. The van der Waals surface area contributed by atoms with Crippen molar-refractivity contribution in [1.82, 2.24) is 9.80 Å². The lowest BCUT2D eigenvalue weighted by Crippen LogP contribution is -2.50. The molecule has 1 aliphatic heterocycles. The fraction of sp³-hybridized carbons (Fsp3) is 0.300. The van der Waals surface area contributed by atoms with Crippen molar-refractivity contribution in [1.29, 1.82) is 0 Å². The van der Waals surface area contributed by atoms with E-state index in [1.807, 2.05) is 0 Å². The molecule has 0 aliphatic carbocycles. The van der Waals surface area contributed by atoms with Crippen LogP contribution in [0.2, 0.25) is 0 Å². The fourth-order valence-electron chi connectivity index (χ4n) is 3.11. The van der Waals surface area contributed by atoms with Crippen molar-refractivity contribution in [2.45, 2.75) is 6.36 Å². The van der Waals surface area contributed by atoms with Gasteiger partial charge in [-0.1, -0.05) is 0 Å². The topological polar surface area (TPSA) is 61.9 Å². The summed E-state index contributed by atoms with van der Waals surface area (Å²) in [7, 11) is 0. The highest BCUT2D eigenvalue weighted by atomic mass is 19.4. The first-order valence-corrected chi connectivity index (χ1v) is 9.22. The number of rotatable bonds is 5. The maximum Gasteiger partial charge on any atom is 0.573 e. The molecule has 0 radical (unpaired) electrons. The van der Waals surface area contributed by atoms with E-state index >= 15 is 0 Å². The number of benzene rings is 2. The Morgan fingerprint density at radius 3 is 2.06 bits per heavy atom. The molecule has 2 aromatic rings. The summed E-state index contributed by atoms with van der Waals surface area (Å²) in [6, 6.07) is 7.36. The largest absolute Gasteiger partial charge is 0.573 e. The van der Waals surface area contributed by atoms with Gasteiger partial charge in [-0.05, 0) is 36.4 Å². The van der Waals surface area contributed by atoms with Crippen LogP contribution in [-0.4, -0.2) is 60.7 Å². The van der Waals surface area contributed by atoms with E-state index < -0.39 is 29.7 Å². The van der Waals surface area contributed by atoms with Gasteiger partial charge in [0.05, 0.1) is 6.54 Å². The van der Waals surface area contributed by atoms with Crippen LogP contribution in [0.15, 0.2) is 42.5 Å². The summed E-state index contributed by atoms with van der Waals surface area (Å²) in [5, 5.41) is 2.57. The summed E-state index contributed by atoms with van der Waals surface area (Å²) in [6.45, 7) is 1.30. The van der Waals surface area contributed by atoms with Crippen LogP contribution < -0.4 is 10.1 Å². The molecule has 0 aromatic heterocycles. The highest BCUT2D eigenvalue weighted by molar-refractivity contribution is 5.94. The Morgan fingerprint density at radius 2 is 1.52 bits per heavy atom. The standard InChI is InChI=1S/C20H18F5N3O3/c21-14-9-13(10-15(22)11-14)19(30)28-7-5-27(6-8-28)12-18(29)26-16-1-3-17(4-2-16)31-20(23,24)25/h1-4,9-11H,5-8,12H2,(H,26,29). The number of halogens is 5. The molecule has 1 N–H and O–H groups in total. The highest BCUT2D eigenvalue weighted by Gasteiger charge is 2.31. The number of hydrogen-bond acceptors (Lipinski definition) is 4. The van der Waals surface area contributed by atoms with Crippen LogP contribution in [0.5, 0.6) is 5.75 Å². The summed E-state index contributed by atoms with van der Waals surface area (Å²) >= 11 is 0. The van der Waals surface area contributed by atoms with Crippen molar-refractivity contribution in [3.63, 3.8) is 0 Å². The number of nitrogens with one attached hydrogen (secondary N) is 1. The van der Waals surface area contributed by atoms with Crippen molar-refractivity contribution in [3.8, 4) is 5.75 Å². The second kappa shape index (κ2) is 9.29. The first-order chi connectivity index (χ1) is 14.6. The van der Waals surface area contributed by atoms with Crippen LogP contribution in [0.1, 0.15) is 10.4 Å². The second-order valence-electron chi connectivity index (χ2n) is 6.85. The van der Waals surface area contributed by atoms with Gasteiger partial charge in [-0.25, -0.2) is 8.78 Å². The number of piperazine rings is 1. The van der Waals surface area contributed by atoms with Crippen molar-refractivity contribution in [3.05, 3.63) is 59.7 Å². The predicted octanol–water partition coefficient (Wildman–Crippen LogP) is 3.26. The van der Waals surface area contributed by atoms with Gasteiger partial charge in [-0.3, -0.25) is 14.5 Å². The maximum absolute atomic E-state index is 13.3. The van der Waals surface area contributed by atoms with Crippen molar-refractivity contribution in [2.24, 2.45) is 0 Å². The Labute approximate surface area is 174 Å². The van der Waals surface area contributed by atoms with Gasteiger partial charge in [0.15, 0.2) is 0 Å². The average molecular weight is 443 g/mol. The minimum Gasteiger partial charge on any atom is -0.406 e. The van der Waals surface area contributed by atoms with Crippen LogP contribution in [0, 0.1) is 11.6 Å². The van der Waals surface area contributed by atoms with Gasteiger partial charge < -0.3 is 15.0 Å². The molecule has 1 aliphatic rings. The molecule has 6 nitrogen and oxygen atoms in total. The fourth-order valence-corrected chi connectivity index (χ4v) is 3.11. The molecule has 0 spiro atoms. The van der Waals surface area contributed by atoms with Crippen molar-refractivity contribution >= 4 is 17.5 Å². The Hall–Kier alpha value is -3.21. The summed E-state index contributed by atoms with van der Waals surface area (Å²) < 4.78 is 66.9. The zero-order valence-electron chi connectivity index (χ0n) is 16.1. The van der Waals surface area contributed by atoms with Crippen LogP contribution in [-0.2, 0) is 4.79 Å². The lowest BCUT2D eigenvalue weighted by molar-refractivity contribution is -0.274. The summed E-state index contributed by atoms with van der Waals surface area (Å²) in [4.78, 5) is 27.8. The minimum atomic E-state index is -4.79. The third kappa shape index (κ3) is 6.64. The SMILES string of the molecule is O=C(CN1CCN(C(=O)c2cc(F)cc(F)c2)CC1)Nc1ccc(OC(F)(F)F)cc1. The number of carbonyl (C=O) groups is 2. The van der Waals surface area contributed by atoms with Gasteiger partial charge in [0, 0.05) is 43.5 Å². The van der Waals surface area contributed by atoms with E-state index in [0.717, 1.165) is 24.3 Å². The molecule has 1 fully saturated rings. The second-order valence-corrected chi connectivity index (χ2v) is 6.85. The van der Waals surface area contributed by atoms with Crippen LogP contribution in [0.25, 0.3) is 0 Å². The first kappa shape index (κ1) is 22.5. The quantitative estimate of drug-likeness (QED) is 0.721. The zero-order valence-corrected chi connectivity index (χ0v) is 16.1. The summed E-state index contributed by atoms with van der Waals surface area (Å²) in [6.07, 6.45) is -4.79. The maximum atomic E-state index is 13.3. The number of alkyl halides is 3. The Morgan fingerprint density at radius 1 is 0.935 bits per heavy atom. The Bertz CT molecular complexity index is 922. The summed E-state index contributed by atoms with van der Waals surface area (Å²) in [5.74, 6) is -2.95. The van der Waals surface area contributed by atoms with Gasteiger partial charge in [0.2, 0.25) is 5.91 Å². The van der Waals surface area contributed by atoms with Crippen LogP contribution in [0.4, 0.5) is 27.6 Å². The minimum absolute atomic E-state index is 0.0113. The molecule has 3 rings (SSSR count). The van der Waals surface area contributed by atoms with Gasteiger partial charge >= 0.3 is 6.36 Å². The van der Waals surface area contributed by atoms with Gasteiger partial charge in [-0.15, -0.1) is 13.2 Å². The average Bonchev–Trinajstić information content (AvgIpc) is 2.67. The summed E-state index contributed by atoms with van der Waals surface area (Å²) in [5.41, 5.74) is 0.225. The molecule has 0 unspecified atom stereocenters. The number of nitrogens with zero attached hydrogens (tertiary/aromatic N) is 2. The molecule has 11 heteroatoms. The van der Waals surface area contributed by atoms with E-state index in [0.29, 0.717) is 24.8 Å². The van der Waals surface area contributed by atoms with E-state index in [2.05, 4.69) is 10.1 Å². The number of anilines is 1. The Balaban J connectivity index is 1.47. The Kier molecular flexibility index (Phi) is 6.74. The van der Waals surface area contributed by atoms with Gasteiger partial charge in [0.1, 0.15) is 17.4 Å². The lowest BCUT2D eigenvalue weighted by Gasteiger charge is -2.34. The number of hydrogen-bond donors (Lipinski definition) is 1. The zero-order chi connectivity index (χ0) is 22.6. The molecule has 2 aromatic carbocycles. The smallest absolute Gasteiger partial charge is 0.406 e. The first-order valence-electron chi connectivity index (χ1n) is 9.22. The van der Waals surface area contributed by atoms with E-state index in [9.17, 15) is 31.5 Å². The molecule has 2 amide bonds. The number of carbonyl (C=O) groups excluding carboxylic acids is 2. The molecule has 1 heterocycles. The molecule has 0 atom stereocenters. The van der Waals surface area contributed by atoms with Gasteiger partial charge in [0.25, 0.3) is 5.91 Å². The van der Waals surface area contributed by atoms with E-state index in [1.54, 1.807) is 4.90 Å². The molecular formula is C20H18F5N3O3. The normalized spacial score (nSPS) is 14.9. The highest BCUT2D eigenvalue weighted by Crippen LogP contribution is 2.24. The third-order valence-electron chi connectivity index (χ3n) is 4.51.